The van der Waals surface area contributed by atoms with Crippen LogP contribution in [-0.4, -0.2) is 57.8 Å². The van der Waals surface area contributed by atoms with Gasteiger partial charge in [-0.1, -0.05) is 29.3 Å². The highest BCUT2D eigenvalue weighted by atomic mass is 35.5. The van der Waals surface area contributed by atoms with Crippen LogP contribution in [0.5, 0.6) is 0 Å². The minimum atomic E-state index is -4.68. The molecular formula is C24H24Cl2F3N5O3. The van der Waals surface area contributed by atoms with Gasteiger partial charge in [-0.3, -0.25) is 14.4 Å². The standard InChI is InChI=1S/C24H24Cl2F3N5O3/c1-12-7-15(9-31-19(12)30)32-20(35)21(36)34-10-13(2)33(22(37)23(5-6-23)24(27,28)29)11-18(34)14-3-4-16(25)17(26)8-14/h3-4,7-9,13,18H,5-6,10-11H2,1-2H3,(H2,30,31)(H,32,35)/t13-,18-/m1/s1. The lowest BCUT2D eigenvalue weighted by atomic mass is 9.96. The van der Waals surface area contributed by atoms with Gasteiger partial charge < -0.3 is 20.9 Å². The zero-order valence-corrected chi connectivity index (χ0v) is 21.4. The first-order valence-corrected chi connectivity index (χ1v) is 12.2. The zero-order valence-electron chi connectivity index (χ0n) is 19.9. The molecule has 198 valence electrons. The number of anilines is 2. The monoisotopic (exact) mass is 557 g/mol. The summed E-state index contributed by atoms with van der Waals surface area (Å²) in [6, 6.07) is 4.34. The highest BCUT2D eigenvalue weighted by molar-refractivity contribution is 6.42. The Morgan fingerprint density at radius 2 is 1.78 bits per heavy atom. The number of nitrogens with one attached hydrogen (secondary N) is 1. The fourth-order valence-electron chi connectivity index (χ4n) is 4.48. The highest BCUT2D eigenvalue weighted by Gasteiger charge is 2.70. The van der Waals surface area contributed by atoms with Gasteiger partial charge in [0.1, 0.15) is 11.2 Å². The molecule has 2 aliphatic rings. The van der Waals surface area contributed by atoms with Crippen molar-refractivity contribution in [2.45, 2.75) is 44.9 Å². The van der Waals surface area contributed by atoms with Gasteiger partial charge >= 0.3 is 18.0 Å². The van der Waals surface area contributed by atoms with E-state index in [1.54, 1.807) is 26.0 Å². The topological polar surface area (TPSA) is 109 Å². The van der Waals surface area contributed by atoms with E-state index in [1.165, 1.54) is 23.2 Å². The normalized spacial score (nSPS) is 20.9. The molecule has 1 saturated heterocycles. The van der Waals surface area contributed by atoms with E-state index in [4.69, 9.17) is 28.9 Å². The van der Waals surface area contributed by atoms with Gasteiger partial charge in [0.15, 0.2) is 0 Å². The second-order valence-corrected chi connectivity index (χ2v) is 10.2. The lowest BCUT2D eigenvalue weighted by molar-refractivity contribution is -0.201. The van der Waals surface area contributed by atoms with Crippen molar-refractivity contribution in [3.8, 4) is 0 Å². The zero-order chi connectivity index (χ0) is 27.3. The van der Waals surface area contributed by atoms with E-state index in [0.29, 0.717) is 11.1 Å². The molecule has 3 amide bonds. The van der Waals surface area contributed by atoms with Gasteiger partial charge in [-0.25, -0.2) is 4.98 Å². The summed E-state index contributed by atoms with van der Waals surface area (Å²) in [6.45, 7) is 2.81. The van der Waals surface area contributed by atoms with Crippen LogP contribution in [0.25, 0.3) is 0 Å². The third-order valence-corrected chi connectivity index (χ3v) is 7.60. The van der Waals surface area contributed by atoms with Gasteiger partial charge in [0.25, 0.3) is 0 Å². The number of benzene rings is 1. The molecule has 3 N–H and O–H groups in total. The third kappa shape index (κ3) is 5.06. The van der Waals surface area contributed by atoms with Crippen LogP contribution < -0.4 is 11.1 Å². The second-order valence-electron chi connectivity index (χ2n) is 9.41. The van der Waals surface area contributed by atoms with Gasteiger partial charge in [-0.15, -0.1) is 0 Å². The summed E-state index contributed by atoms with van der Waals surface area (Å²) in [5.74, 6) is -2.66. The quantitative estimate of drug-likeness (QED) is 0.545. The summed E-state index contributed by atoms with van der Waals surface area (Å²) < 4.78 is 41.1. The minimum absolute atomic E-state index is 0.157. The number of alkyl halides is 3. The van der Waals surface area contributed by atoms with E-state index in [0.717, 1.165) is 4.90 Å². The molecule has 2 fully saturated rings. The summed E-state index contributed by atoms with van der Waals surface area (Å²) in [5.41, 5.74) is 4.55. The molecule has 0 spiro atoms. The maximum atomic E-state index is 13.7. The van der Waals surface area contributed by atoms with E-state index in [9.17, 15) is 27.6 Å². The first-order chi connectivity index (χ1) is 17.2. The molecule has 1 aliphatic carbocycles. The molecule has 1 saturated carbocycles. The van der Waals surface area contributed by atoms with Gasteiger partial charge in [0, 0.05) is 19.1 Å². The number of rotatable bonds is 3. The van der Waals surface area contributed by atoms with Crippen LogP contribution in [0.3, 0.4) is 0 Å². The van der Waals surface area contributed by atoms with Crippen LogP contribution in [0.1, 0.15) is 36.9 Å². The molecular weight excluding hydrogens is 534 g/mol. The number of nitrogen functional groups attached to an aromatic ring is 1. The number of carbonyl (C=O) groups is 3. The van der Waals surface area contributed by atoms with Crippen molar-refractivity contribution in [3.05, 3.63) is 51.6 Å². The predicted octanol–water partition coefficient (Wildman–Crippen LogP) is 4.36. The molecule has 2 heterocycles. The number of hydrogen-bond donors (Lipinski definition) is 2. The Labute approximate surface area is 220 Å². The third-order valence-electron chi connectivity index (χ3n) is 6.86. The van der Waals surface area contributed by atoms with Crippen LogP contribution in [0.4, 0.5) is 24.7 Å². The number of nitrogens with two attached hydrogens (primary N) is 1. The number of hydrogen-bond acceptors (Lipinski definition) is 5. The molecule has 2 atom stereocenters. The van der Waals surface area contributed by atoms with Crippen molar-refractivity contribution >= 4 is 52.4 Å². The van der Waals surface area contributed by atoms with Gasteiger partial charge in [-0.05, 0) is 56.0 Å². The number of amides is 3. The molecule has 0 bridgehead atoms. The summed E-state index contributed by atoms with van der Waals surface area (Å²) in [5, 5.41) is 2.87. The van der Waals surface area contributed by atoms with Crippen molar-refractivity contribution < 1.29 is 27.6 Å². The molecule has 37 heavy (non-hydrogen) atoms. The summed E-state index contributed by atoms with van der Waals surface area (Å²) in [4.78, 5) is 45.6. The van der Waals surface area contributed by atoms with E-state index in [2.05, 4.69) is 10.3 Å². The van der Waals surface area contributed by atoms with E-state index in [1.807, 2.05) is 0 Å². The van der Waals surface area contributed by atoms with E-state index < -0.39 is 41.4 Å². The molecule has 8 nitrogen and oxygen atoms in total. The molecule has 13 heteroatoms. The molecule has 2 aromatic rings. The van der Waals surface area contributed by atoms with Crippen LogP contribution in [0.2, 0.25) is 10.0 Å². The van der Waals surface area contributed by atoms with Crippen LogP contribution in [0, 0.1) is 12.3 Å². The lowest BCUT2D eigenvalue weighted by Crippen LogP contribution is -2.60. The Bertz CT molecular complexity index is 1270. The summed E-state index contributed by atoms with van der Waals surface area (Å²) >= 11 is 12.2. The van der Waals surface area contributed by atoms with Gasteiger partial charge in [-0.2, -0.15) is 13.2 Å². The number of aromatic nitrogens is 1. The average Bonchev–Trinajstić information content (AvgIpc) is 3.64. The SMILES string of the molecule is Cc1cc(NC(=O)C(=O)N2C[C@@H](C)N(C(=O)C3(C(F)(F)F)CC3)C[C@@H]2c2ccc(Cl)c(Cl)c2)cnc1N. The number of aryl methyl sites for hydroxylation is 1. The largest absolute Gasteiger partial charge is 0.403 e. The molecule has 1 aromatic carbocycles. The Morgan fingerprint density at radius 1 is 1.11 bits per heavy atom. The van der Waals surface area contributed by atoms with Crippen LogP contribution >= 0.6 is 23.2 Å². The molecule has 1 aliphatic heterocycles. The number of nitrogens with zero attached hydrogens (tertiary/aromatic N) is 3. The number of halogens is 5. The Balaban J connectivity index is 1.64. The lowest BCUT2D eigenvalue weighted by Gasteiger charge is -2.46. The van der Waals surface area contributed by atoms with Crippen molar-refractivity contribution in [1.82, 2.24) is 14.8 Å². The number of carbonyl (C=O) groups excluding carboxylic acids is 3. The maximum Gasteiger partial charge on any atom is 0.403 e. The van der Waals surface area contributed by atoms with Gasteiger partial charge in [0.2, 0.25) is 5.91 Å². The Hall–Kier alpha value is -3.05. The van der Waals surface area contributed by atoms with E-state index >= 15 is 0 Å². The van der Waals surface area contributed by atoms with Crippen molar-refractivity contribution in [3.63, 3.8) is 0 Å². The Kier molecular flexibility index (Phi) is 7.06. The number of piperazine rings is 1. The molecule has 4 rings (SSSR count). The van der Waals surface area contributed by atoms with Crippen molar-refractivity contribution in [2.24, 2.45) is 5.41 Å². The fourth-order valence-corrected chi connectivity index (χ4v) is 4.78. The van der Waals surface area contributed by atoms with Crippen LogP contribution in [0.15, 0.2) is 30.5 Å². The first kappa shape index (κ1) is 27.0. The summed E-state index contributed by atoms with van der Waals surface area (Å²) in [7, 11) is 0. The fraction of sp³-hybridized carbons (Fsp3) is 0.417. The van der Waals surface area contributed by atoms with Crippen molar-refractivity contribution in [1.29, 1.82) is 0 Å². The molecule has 1 aromatic heterocycles. The minimum Gasteiger partial charge on any atom is -0.383 e. The predicted molar refractivity (Wildman–Crippen MR) is 132 cm³/mol. The van der Waals surface area contributed by atoms with Gasteiger partial charge in [0.05, 0.1) is 28.0 Å². The highest BCUT2D eigenvalue weighted by Crippen LogP contribution is 2.59. The second kappa shape index (κ2) is 9.68. The average molecular weight is 558 g/mol. The molecule has 0 radical (unpaired) electrons. The smallest absolute Gasteiger partial charge is 0.383 e. The number of pyridine rings is 1. The summed E-state index contributed by atoms with van der Waals surface area (Å²) in [6.07, 6.45) is -3.94. The maximum absolute atomic E-state index is 13.7. The van der Waals surface area contributed by atoms with Crippen LogP contribution in [-0.2, 0) is 14.4 Å². The Morgan fingerprint density at radius 3 is 2.35 bits per heavy atom. The first-order valence-electron chi connectivity index (χ1n) is 11.4. The molecule has 0 unspecified atom stereocenters. The van der Waals surface area contributed by atoms with Crippen molar-refractivity contribution in [2.75, 3.05) is 24.1 Å². The van der Waals surface area contributed by atoms with E-state index in [-0.39, 0.29) is 47.5 Å².